The monoisotopic (exact) mass is 336 g/mol. The summed E-state index contributed by atoms with van der Waals surface area (Å²) in [5, 5.41) is 8.03. The first kappa shape index (κ1) is 16.9. The molecule has 5 heteroatoms. The lowest BCUT2D eigenvalue weighted by Crippen LogP contribution is -2.09. The maximum atomic E-state index is 12.2. The Morgan fingerprint density at radius 3 is 2.40 bits per heavy atom. The molecule has 0 saturated heterocycles. The number of esters is 1. The molecule has 0 aliphatic rings. The van der Waals surface area contributed by atoms with E-state index in [1.54, 1.807) is 19.1 Å². The lowest BCUT2D eigenvalue weighted by molar-refractivity contribution is 0.0280. The zero-order valence-electron chi connectivity index (χ0n) is 14.5. The molecule has 0 aliphatic carbocycles. The van der Waals surface area contributed by atoms with Gasteiger partial charge in [-0.25, -0.2) is 4.79 Å². The van der Waals surface area contributed by atoms with Gasteiger partial charge in [0.25, 0.3) is 5.89 Å². The van der Waals surface area contributed by atoms with Crippen molar-refractivity contribution in [3.05, 3.63) is 71.1 Å². The van der Waals surface area contributed by atoms with Crippen molar-refractivity contribution in [1.82, 2.24) is 10.2 Å². The van der Waals surface area contributed by atoms with E-state index in [1.807, 2.05) is 43.3 Å². The summed E-state index contributed by atoms with van der Waals surface area (Å²) in [5.41, 5.74) is 3.66. The first-order valence-corrected chi connectivity index (χ1v) is 8.27. The first-order valence-electron chi connectivity index (χ1n) is 8.27. The minimum absolute atomic E-state index is 0.272. The molecule has 1 atom stereocenters. The number of carbonyl (C=O) groups excluding carboxylic acids is 1. The summed E-state index contributed by atoms with van der Waals surface area (Å²) >= 11 is 0. The van der Waals surface area contributed by atoms with Crippen LogP contribution in [-0.4, -0.2) is 16.2 Å². The summed E-state index contributed by atoms with van der Waals surface area (Å²) in [5.74, 6) is 0.268. The van der Waals surface area contributed by atoms with Crippen LogP contribution in [0.2, 0.25) is 0 Å². The quantitative estimate of drug-likeness (QED) is 0.641. The molecule has 128 valence electrons. The topological polar surface area (TPSA) is 65.2 Å². The number of aryl methyl sites for hydroxylation is 2. The molecule has 0 amide bonds. The van der Waals surface area contributed by atoms with Crippen molar-refractivity contribution in [2.75, 3.05) is 0 Å². The maximum absolute atomic E-state index is 12.2. The molecule has 0 fully saturated rings. The third kappa shape index (κ3) is 3.94. The van der Waals surface area contributed by atoms with Gasteiger partial charge in [0.2, 0.25) is 5.89 Å². The highest BCUT2D eigenvalue weighted by molar-refractivity contribution is 5.89. The fourth-order valence-corrected chi connectivity index (χ4v) is 2.37. The molecule has 0 bridgehead atoms. The van der Waals surface area contributed by atoms with Gasteiger partial charge in [-0.2, -0.15) is 0 Å². The number of rotatable bonds is 5. The zero-order valence-corrected chi connectivity index (χ0v) is 14.5. The van der Waals surface area contributed by atoms with E-state index < -0.39 is 12.1 Å². The number of carbonyl (C=O) groups is 1. The lowest BCUT2D eigenvalue weighted by atomic mass is 10.1. The van der Waals surface area contributed by atoms with Crippen LogP contribution in [0.15, 0.2) is 52.9 Å². The minimum Gasteiger partial charge on any atom is -0.449 e. The molecule has 0 N–H and O–H groups in total. The van der Waals surface area contributed by atoms with Gasteiger partial charge in [0.15, 0.2) is 6.10 Å². The lowest BCUT2D eigenvalue weighted by Gasteiger charge is -2.09. The van der Waals surface area contributed by atoms with Crippen LogP contribution in [0.4, 0.5) is 0 Å². The second-order valence-corrected chi connectivity index (χ2v) is 5.91. The van der Waals surface area contributed by atoms with Gasteiger partial charge in [0, 0.05) is 5.56 Å². The number of ether oxygens (including phenoxy) is 1. The first-order chi connectivity index (χ1) is 12.1. The largest absolute Gasteiger partial charge is 0.449 e. The van der Waals surface area contributed by atoms with Crippen molar-refractivity contribution in [2.24, 2.45) is 0 Å². The molecule has 0 saturated carbocycles. The Labute approximate surface area is 146 Å². The van der Waals surface area contributed by atoms with Gasteiger partial charge < -0.3 is 9.15 Å². The molecule has 5 nitrogen and oxygen atoms in total. The van der Waals surface area contributed by atoms with E-state index in [4.69, 9.17) is 9.15 Å². The van der Waals surface area contributed by atoms with E-state index in [9.17, 15) is 4.79 Å². The number of hydrogen-bond acceptors (Lipinski definition) is 5. The number of nitrogens with zero attached hydrogens (tertiary/aromatic N) is 2. The summed E-state index contributed by atoms with van der Waals surface area (Å²) in [6.45, 7) is 5.79. The van der Waals surface area contributed by atoms with E-state index in [1.165, 1.54) is 5.56 Å². The van der Waals surface area contributed by atoms with Crippen LogP contribution >= 0.6 is 0 Å². The molecular formula is C20H20N2O3. The average molecular weight is 336 g/mol. The normalized spacial score (nSPS) is 12.0. The molecule has 0 unspecified atom stereocenters. The molecule has 3 aromatic rings. The molecule has 0 spiro atoms. The summed E-state index contributed by atoms with van der Waals surface area (Å²) in [6.07, 6.45) is 0.306. The number of benzene rings is 2. The van der Waals surface area contributed by atoms with Crippen molar-refractivity contribution in [2.45, 2.75) is 33.3 Å². The van der Waals surface area contributed by atoms with Crippen LogP contribution in [0, 0.1) is 6.92 Å². The zero-order chi connectivity index (χ0) is 17.8. The number of hydrogen-bond donors (Lipinski definition) is 0. The fraction of sp³-hybridized carbons (Fsp3) is 0.250. The van der Waals surface area contributed by atoms with Gasteiger partial charge in [-0.05, 0) is 50.1 Å². The van der Waals surface area contributed by atoms with Gasteiger partial charge in [-0.1, -0.05) is 36.8 Å². The molecular weight excluding hydrogens is 316 g/mol. The Kier molecular flexibility index (Phi) is 4.93. The van der Waals surface area contributed by atoms with Crippen LogP contribution in [0.1, 0.15) is 47.3 Å². The highest BCUT2D eigenvalue weighted by atomic mass is 16.6. The third-order valence-electron chi connectivity index (χ3n) is 3.97. The SMILES string of the molecule is CCc1ccc(C(=O)O[C@H](C)c2nnc(-c3ccc(C)cc3)o2)cc1. The Balaban J connectivity index is 1.69. The van der Waals surface area contributed by atoms with Gasteiger partial charge in [0.1, 0.15) is 0 Å². The molecule has 25 heavy (non-hydrogen) atoms. The standard InChI is InChI=1S/C20H20N2O3/c1-4-15-7-11-17(12-8-15)20(23)24-14(3)18-21-22-19(25-18)16-9-5-13(2)6-10-16/h5-12,14H,4H2,1-3H3/t14-/m1/s1. The second kappa shape index (κ2) is 7.30. The van der Waals surface area contributed by atoms with Crippen LogP contribution < -0.4 is 0 Å². The van der Waals surface area contributed by atoms with E-state index >= 15 is 0 Å². The molecule has 0 aliphatic heterocycles. The van der Waals surface area contributed by atoms with Gasteiger partial charge >= 0.3 is 5.97 Å². The van der Waals surface area contributed by atoms with Crippen LogP contribution in [-0.2, 0) is 11.2 Å². The molecule has 1 aromatic heterocycles. The Bertz CT molecular complexity index is 851. The smallest absolute Gasteiger partial charge is 0.338 e. The van der Waals surface area contributed by atoms with E-state index in [-0.39, 0.29) is 5.89 Å². The summed E-state index contributed by atoms with van der Waals surface area (Å²) in [4.78, 5) is 12.2. The molecule has 2 aromatic carbocycles. The van der Waals surface area contributed by atoms with Crippen LogP contribution in [0.5, 0.6) is 0 Å². The summed E-state index contributed by atoms with van der Waals surface area (Å²) < 4.78 is 11.1. The predicted octanol–water partition coefficient (Wildman–Crippen LogP) is 4.53. The van der Waals surface area contributed by atoms with E-state index in [0.29, 0.717) is 11.5 Å². The Hall–Kier alpha value is -2.95. The Morgan fingerprint density at radius 1 is 1.08 bits per heavy atom. The number of aromatic nitrogens is 2. The van der Waals surface area contributed by atoms with Crippen molar-refractivity contribution in [3.63, 3.8) is 0 Å². The van der Waals surface area contributed by atoms with Gasteiger partial charge in [0.05, 0.1) is 5.56 Å². The molecule has 1 heterocycles. The second-order valence-electron chi connectivity index (χ2n) is 5.91. The van der Waals surface area contributed by atoms with Crippen LogP contribution in [0.25, 0.3) is 11.5 Å². The van der Waals surface area contributed by atoms with E-state index in [2.05, 4.69) is 17.1 Å². The van der Waals surface area contributed by atoms with Crippen LogP contribution in [0.3, 0.4) is 0 Å². The summed E-state index contributed by atoms with van der Waals surface area (Å²) in [6, 6.07) is 15.1. The third-order valence-corrected chi connectivity index (χ3v) is 3.97. The van der Waals surface area contributed by atoms with Crippen molar-refractivity contribution in [1.29, 1.82) is 0 Å². The average Bonchev–Trinajstić information content (AvgIpc) is 3.12. The van der Waals surface area contributed by atoms with Crippen molar-refractivity contribution >= 4 is 5.97 Å². The van der Waals surface area contributed by atoms with Crippen molar-refractivity contribution in [3.8, 4) is 11.5 Å². The van der Waals surface area contributed by atoms with Gasteiger partial charge in [-0.3, -0.25) is 0 Å². The van der Waals surface area contributed by atoms with Crippen molar-refractivity contribution < 1.29 is 13.9 Å². The summed E-state index contributed by atoms with van der Waals surface area (Å²) in [7, 11) is 0. The van der Waals surface area contributed by atoms with Gasteiger partial charge in [-0.15, -0.1) is 10.2 Å². The highest BCUT2D eigenvalue weighted by Gasteiger charge is 2.20. The fourth-order valence-electron chi connectivity index (χ4n) is 2.37. The molecule has 3 rings (SSSR count). The van der Waals surface area contributed by atoms with E-state index in [0.717, 1.165) is 17.5 Å². The molecule has 0 radical (unpaired) electrons. The predicted molar refractivity (Wildman–Crippen MR) is 94.1 cm³/mol. The highest BCUT2D eigenvalue weighted by Crippen LogP contribution is 2.23. The minimum atomic E-state index is -0.620. The Morgan fingerprint density at radius 2 is 1.76 bits per heavy atom. The maximum Gasteiger partial charge on any atom is 0.338 e.